The highest BCUT2D eigenvalue weighted by atomic mass is 32.2. The largest absolute Gasteiger partial charge is 0.361 e. The van der Waals surface area contributed by atoms with Gasteiger partial charge in [0, 0.05) is 57.3 Å². The van der Waals surface area contributed by atoms with Gasteiger partial charge in [-0.25, -0.2) is 9.38 Å². The number of pyridine rings is 1. The third kappa shape index (κ3) is 4.90. The normalized spacial score (nSPS) is 19.8. The molecule has 7 rings (SSSR count). The van der Waals surface area contributed by atoms with Crippen LogP contribution in [0, 0.1) is 0 Å². The Hall–Kier alpha value is -5.07. The SMILES string of the molecule is C1=CC=C(c2c(C3=N/C=C\C=C/C=C\3)ccc(C3=NSCN=C3)c2-c2cccc3nc4ccccc4cc23)NC=C1. The number of nitrogens with zero attached hydrogens (tertiary/aromatic N) is 4. The second-order valence-corrected chi connectivity index (χ2v) is 10.3. The van der Waals surface area contributed by atoms with E-state index < -0.39 is 0 Å². The van der Waals surface area contributed by atoms with Crippen LogP contribution in [0.5, 0.6) is 0 Å². The summed E-state index contributed by atoms with van der Waals surface area (Å²) in [4.78, 5) is 14.4. The number of allylic oxidation sites excluding steroid dienone is 9. The lowest BCUT2D eigenvalue weighted by Gasteiger charge is -2.23. The van der Waals surface area contributed by atoms with Gasteiger partial charge in [0.1, 0.15) is 5.88 Å². The van der Waals surface area contributed by atoms with Crippen LogP contribution >= 0.6 is 11.9 Å². The van der Waals surface area contributed by atoms with Gasteiger partial charge < -0.3 is 5.32 Å². The maximum Gasteiger partial charge on any atom is 0.106 e. The van der Waals surface area contributed by atoms with Crippen LogP contribution in [0.1, 0.15) is 16.7 Å². The second kappa shape index (κ2) is 11.2. The molecule has 0 spiro atoms. The number of benzene rings is 3. The average Bonchev–Trinajstić information content (AvgIpc) is 3.29. The molecule has 3 aliphatic heterocycles. The molecule has 4 aromatic rings. The average molecular weight is 548 g/mol. The van der Waals surface area contributed by atoms with Crippen LogP contribution in [0.4, 0.5) is 0 Å². The van der Waals surface area contributed by atoms with E-state index >= 15 is 0 Å². The summed E-state index contributed by atoms with van der Waals surface area (Å²) in [5.41, 5.74) is 9.76. The van der Waals surface area contributed by atoms with Crippen molar-refractivity contribution >= 4 is 57.1 Å². The summed E-state index contributed by atoms with van der Waals surface area (Å²) < 4.78 is 4.83. The van der Waals surface area contributed by atoms with E-state index in [9.17, 15) is 0 Å². The summed E-state index contributed by atoms with van der Waals surface area (Å²) in [5.74, 6) is 0.623. The first-order valence-electron chi connectivity index (χ1n) is 13.4. The number of fused-ring (bicyclic) bond motifs is 2. The minimum absolute atomic E-state index is 0.623. The predicted molar refractivity (Wildman–Crippen MR) is 176 cm³/mol. The molecule has 3 aliphatic rings. The number of hydrogen-bond donors (Lipinski definition) is 1. The Balaban J connectivity index is 1.61. The lowest BCUT2D eigenvalue weighted by Crippen LogP contribution is -2.15. The molecule has 5 nitrogen and oxygen atoms in total. The first-order valence-corrected chi connectivity index (χ1v) is 14.4. The van der Waals surface area contributed by atoms with Gasteiger partial charge in [0.25, 0.3) is 0 Å². The number of hydrogen-bond acceptors (Lipinski definition) is 6. The molecule has 0 aliphatic carbocycles. The van der Waals surface area contributed by atoms with Crippen LogP contribution in [0.2, 0.25) is 0 Å². The number of aromatic nitrogens is 1. The zero-order chi connectivity index (χ0) is 27.4. The van der Waals surface area contributed by atoms with Crippen molar-refractivity contribution in [3.8, 4) is 11.1 Å². The Labute approximate surface area is 242 Å². The lowest BCUT2D eigenvalue weighted by atomic mass is 9.84. The highest BCUT2D eigenvalue weighted by molar-refractivity contribution is 7.98. The molecule has 1 N–H and O–H groups in total. The fraction of sp³-hybridized carbons (Fsp3) is 0.0286. The minimum Gasteiger partial charge on any atom is -0.361 e. The van der Waals surface area contributed by atoms with Crippen molar-refractivity contribution < 1.29 is 0 Å². The first kappa shape index (κ1) is 24.9. The first-order chi connectivity index (χ1) is 20.4. The van der Waals surface area contributed by atoms with Gasteiger partial charge in [-0.15, -0.1) is 0 Å². The molecule has 3 aromatic carbocycles. The third-order valence-electron chi connectivity index (χ3n) is 7.07. The Bertz CT molecular complexity index is 1970. The van der Waals surface area contributed by atoms with Crippen molar-refractivity contribution in [3.63, 3.8) is 0 Å². The molecular weight excluding hydrogens is 522 g/mol. The Kier molecular flexibility index (Phi) is 6.81. The number of aliphatic imine (C=N–C) groups is 2. The Morgan fingerprint density at radius 2 is 1.56 bits per heavy atom. The molecular formula is C35H25N5S. The summed E-state index contributed by atoms with van der Waals surface area (Å²) in [6.45, 7) is 0. The minimum atomic E-state index is 0.623. The topological polar surface area (TPSA) is 62.0 Å². The van der Waals surface area contributed by atoms with Gasteiger partial charge in [-0.2, -0.15) is 0 Å². The fourth-order valence-corrected chi connectivity index (χ4v) is 5.75. The molecule has 1 aromatic heterocycles. The van der Waals surface area contributed by atoms with Crippen LogP contribution in [0.25, 0.3) is 38.6 Å². The van der Waals surface area contributed by atoms with E-state index in [0.717, 1.165) is 66.7 Å². The molecule has 4 heterocycles. The molecule has 41 heavy (non-hydrogen) atoms. The number of rotatable bonds is 4. The van der Waals surface area contributed by atoms with Gasteiger partial charge in [-0.1, -0.05) is 72.8 Å². The van der Waals surface area contributed by atoms with Crippen LogP contribution < -0.4 is 5.32 Å². The van der Waals surface area contributed by atoms with Gasteiger partial charge in [0.05, 0.1) is 22.5 Å². The maximum atomic E-state index is 5.03. The molecule has 0 atom stereocenters. The van der Waals surface area contributed by atoms with E-state index in [1.807, 2.05) is 61.1 Å². The van der Waals surface area contributed by atoms with Crippen LogP contribution in [0.3, 0.4) is 0 Å². The molecule has 0 bridgehead atoms. The summed E-state index contributed by atoms with van der Waals surface area (Å²) in [7, 11) is 0. The highest BCUT2D eigenvalue weighted by Gasteiger charge is 2.24. The van der Waals surface area contributed by atoms with Gasteiger partial charge in [-0.3, -0.25) is 9.98 Å². The smallest absolute Gasteiger partial charge is 0.106 e. The van der Waals surface area contributed by atoms with E-state index in [1.165, 1.54) is 11.9 Å². The fourth-order valence-electron chi connectivity index (χ4n) is 5.27. The van der Waals surface area contributed by atoms with Crippen molar-refractivity contribution in [1.29, 1.82) is 0 Å². The van der Waals surface area contributed by atoms with Crippen molar-refractivity contribution in [2.75, 3.05) is 5.88 Å². The Morgan fingerprint density at radius 1 is 0.707 bits per heavy atom. The molecule has 0 unspecified atom stereocenters. The van der Waals surface area contributed by atoms with E-state index in [0.29, 0.717) is 5.88 Å². The van der Waals surface area contributed by atoms with Crippen molar-refractivity contribution in [2.24, 2.45) is 14.4 Å². The number of para-hydroxylation sites is 1. The zero-order valence-electron chi connectivity index (χ0n) is 22.1. The van der Waals surface area contributed by atoms with Crippen LogP contribution in [-0.4, -0.2) is 28.5 Å². The van der Waals surface area contributed by atoms with Gasteiger partial charge in [-0.05, 0) is 60.0 Å². The monoisotopic (exact) mass is 547 g/mol. The van der Waals surface area contributed by atoms with E-state index in [4.69, 9.17) is 14.4 Å². The van der Waals surface area contributed by atoms with Gasteiger partial charge in [0.2, 0.25) is 0 Å². The summed E-state index contributed by atoms with van der Waals surface area (Å²) in [6, 6.07) is 21.1. The highest BCUT2D eigenvalue weighted by Crippen LogP contribution is 2.40. The molecule has 6 heteroatoms. The Morgan fingerprint density at radius 3 is 2.49 bits per heavy atom. The van der Waals surface area contributed by atoms with E-state index in [1.54, 1.807) is 0 Å². The number of nitrogens with one attached hydrogen (secondary N) is 1. The summed E-state index contributed by atoms with van der Waals surface area (Å²) in [5, 5.41) is 5.71. The van der Waals surface area contributed by atoms with Crippen molar-refractivity contribution in [3.05, 3.63) is 144 Å². The van der Waals surface area contributed by atoms with Crippen LogP contribution in [0.15, 0.2) is 142 Å². The molecule has 0 amide bonds. The predicted octanol–water partition coefficient (Wildman–Crippen LogP) is 7.98. The lowest BCUT2D eigenvalue weighted by molar-refractivity contribution is 1.22. The molecule has 0 saturated heterocycles. The van der Waals surface area contributed by atoms with E-state index in [2.05, 4.69) is 83.1 Å². The molecule has 0 saturated carbocycles. The third-order valence-corrected chi connectivity index (χ3v) is 7.66. The van der Waals surface area contributed by atoms with Crippen LogP contribution in [-0.2, 0) is 0 Å². The zero-order valence-corrected chi connectivity index (χ0v) is 22.9. The van der Waals surface area contributed by atoms with Gasteiger partial charge >= 0.3 is 0 Å². The summed E-state index contributed by atoms with van der Waals surface area (Å²) >= 11 is 1.46. The standard InChI is InChI=1S/C35H25N5S/c1-2-8-19-37-30(14-4-1)26-17-18-27(33-22-36-23-41-40-33)34(35(26)32-15-5-3-9-20-38-32)25-12-10-16-31-28(25)21-24-11-6-7-13-29(24)39-31/h1-22,38H,23H2/b2-1-,4-1?,8-2?,14-4-,19-8-,30-14?,37-19?,37-30+. The van der Waals surface area contributed by atoms with E-state index in [-0.39, 0.29) is 0 Å². The van der Waals surface area contributed by atoms with Crippen molar-refractivity contribution in [2.45, 2.75) is 0 Å². The molecule has 0 fully saturated rings. The molecule has 0 radical (unpaired) electrons. The summed E-state index contributed by atoms with van der Waals surface area (Å²) in [6.07, 6.45) is 23.9. The second-order valence-electron chi connectivity index (χ2n) is 9.58. The van der Waals surface area contributed by atoms with Gasteiger partial charge in [0.15, 0.2) is 0 Å². The van der Waals surface area contributed by atoms with Crippen molar-refractivity contribution in [1.82, 2.24) is 10.3 Å². The quantitative estimate of drug-likeness (QED) is 0.208. The maximum absolute atomic E-state index is 5.03. The molecule has 196 valence electrons.